The number of hydrogen-bond acceptors (Lipinski definition) is 6. The molecule has 3 rings (SSSR count). The van der Waals surface area contributed by atoms with Gasteiger partial charge in [0.05, 0.1) is 5.57 Å². The number of aromatic nitrogens is 2. The fraction of sp³-hybridized carbons (Fsp3) is 0.381. The van der Waals surface area contributed by atoms with Crippen molar-refractivity contribution in [3.63, 3.8) is 0 Å². The molecule has 28 heavy (non-hydrogen) atoms. The zero-order chi connectivity index (χ0) is 20.7. The number of hydrogen-bond donors (Lipinski definition) is 1. The van der Waals surface area contributed by atoms with Crippen molar-refractivity contribution in [2.75, 3.05) is 0 Å². The van der Waals surface area contributed by atoms with Gasteiger partial charge in [-0.15, -0.1) is 0 Å². The highest BCUT2D eigenvalue weighted by Crippen LogP contribution is 2.41. The fourth-order valence-electron chi connectivity index (χ4n) is 3.35. The highest BCUT2D eigenvalue weighted by Gasteiger charge is 2.47. The number of nitrogens with zero attached hydrogens (tertiary/aromatic N) is 2. The number of benzene rings is 1. The summed E-state index contributed by atoms with van der Waals surface area (Å²) in [4.78, 5) is 21.0. The lowest BCUT2D eigenvalue weighted by atomic mass is 9.81. The summed E-state index contributed by atoms with van der Waals surface area (Å²) >= 11 is 5.88. The van der Waals surface area contributed by atoms with Crippen molar-refractivity contribution in [1.29, 1.82) is 0 Å². The highest BCUT2D eigenvalue weighted by atomic mass is 35.5. The van der Waals surface area contributed by atoms with Gasteiger partial charge >= 0.3 is 0 Å². The molecule has 2 aromatic rings. The maximum atomic E-state index is 13.1. The maximum absolute atomic E-state index is 13.1. The Morgan fingerprint density at radius 1 is 1.14 bits per heavy atom. The van der Waals surface area contributed by atoms with Gasteiger partial charge in [0, 0.05) is 6.07 Å². The highest BCUT2D eigenvalue weighted by molar-refractivity contribution is 6.29. The molecule has 0 saturated carbocycles. The lowest BCUT2D eigenvalue weighted by Gasteiger charge is -2.40. The third-order valence-corrected chi connectivity index (χ3v) is 4.86. The molecule has 0 aliphatic carbocycles. The van der Waals surface area contributed by atoms with Crippen LogP contribution in [-0.4, -0.2) is 32.1 Å². The Morgan fingerprint density at radius 3 is 2.50 bits per heavy atom. The van der Waals surface area contributed by atoms with Crippen molar-refractivity contribution in [3.8, 4) is 11.6 Å². The Hall–Kier alpha value is -2.44. The van der Waals surface area contributed by atoms with E-state index >= 15 is 0 Å². The summed E-state index contributed by atoms with van der Waals surface area (Å²) in [6, 6.07) is 6.89. The van der Waals surface area contributed by atoms with Gasteiger partial charge in [0.1, 0.15) is 34.2 Å². The first-order valence-corrected chi connectivity index (χ1v) is 9.40. The number of ether oxygens (including phenoxy) is 2. The summed E-state index contributed by atoms with van der Waals surface area (Å²) in [6.07, 6.45) is 1.99. The van der Waals surface area contributed by atoms with E-state index in [4.69, 9.17) is 21.1 Å². The standard InChI is InChI=1S/C21H23ClN2O4/c1-6-12-7-8-13(27-16-10-15(22)23-11-24-16)9-14(12)17-18(25)20(2,3)28-21(4,5)19(17)26/h7-11,25H,6H2,1-5H3. The van der Waals surface area contributed by atoms with E-state index in [2.05, 4.69) is 9.97 Å². The summed E-state index contributed by atoms with van der Waals surface area (Å²) in [5.41, 5.74) is -0.269. The Bertz CT molecular complexity index is 967. The summed E-state index contributed by atoms with van der Waals surface area (Å²) < 4.78 is 11.6. The number of aryl methyl sites for hydroxylation is 1. The smallest absolute Gasteiger partial charge is 0.223 e. The SMILES string of the molecule is CCc1ccc(Oc2cc(Cl)ncn2)cc1C1=C(O)C(C)(C)OC(C)(C)C1=O. The van der Waals surface area contributed by atoms with E-state index in [-0.39, 0.29) is 28.1 Å². The monoisotopic (exact) mass is 402 g/mol. The van der Waals surface area contributed by atoms with Crippen LogP contribution in [0, 0.1) is 0 Å². The van der Waals surface area contributed by atoms with E-state index in [9.17, 15) is 9.90 Å². The van der Waals surface area contributed by atoms with Crippen molar-refractivity contribution in [2.24, 2.45) is 0 Å². The minimum absolute atomic E-state index is 0.0891. The molecule has 1 aromatic heterocycles. The normalized spacial score (nSPS) is 18.3. The molecule has 0 radical (unpaired) electrons. The molecule has 0 saturated heterocycles. The van der Waals surface area contributed by atoms with E-state index in [1.54, 1.807) is 39.8 Å². The van der Waals surface area contributed by atoms with Gasteiger partial charge in [0.15, 0.2) is 5.78 Å². The van der Waals surface area contributed by atoms with Gasteiger partial charge in [-0.3, -0.25) is 4.79 Å². The molecule has 1 aliphatic heterocycles. The Morgan fingerprint density at radius 2 is 1.86 bits per heavy atom. The number of halogens is 1. The van der Waals surface area contributed by atoms with Crippen LogP contribution in [0.4, 0.5) is 0 Å². The summed E-state index contributed by atoms with van der Waals surface area (Å²) in [6.45, 7) is 8.88. The third-order valence-electron chi connectivity index (χ3n) is 4.65. The number of ketones is 1. The molecule has 0 atom stereocenters. The second kappa shape index (κ2) is 7.18. The first-order chi connectivity index (χ1) is 13.0. The van der Waals surface area contributed by atoms with Crippen LogP contribution in [0.25, 0.3) is 5.57 Å². The first kappa shape index (κ1) is 20.3. The van der Waals surface area contributed by atoms with E-state index in [1.807, 2.05) is 13.0 Å². The minimum Gasteiger partial charge on any atom is -0.508 e. The predicted octanol–water partition coefficient (Wildman–Crippen LogP) is 4.91. The van der Waals surface area contributed by atoms with Gasteiger partial charge in [-0.25, -0.2) is 9.97 Å². The molecule has 1 N–H and O–H groups in total. The van der Waals surface area contributed by atoms with Crippen molar-refractivity contribution in [3.05, 3.63) is 52.6 Å². The summed E-state index contributed by atoms with van der Waals surface area (Å²) in [5.74, 6) is 0.388. The molecule has 2 heterocycles. The lowest BCUT2D eigenvalue weighted by Crippen LogP contribution is -2.49. The molecule has 7 heteroatoms. The molecule has 1 aliphatic rings. The van der Waals surface area contributed by atoms with Gasteiger partial charge in [-0.1, -0.05) is 24.6 Å². The molecule has 6 nitrogen and oxygen atoms in total. The largest absolute Gasteiger partial charge is 0.508 e. The molecular weight excluding hydrogens is 380 g/mol. The topological polar surface area (TPSA) is 81.5 Å². The minimum atomic E-state index is -1.06. The fourth-order valence-corrected chi connectivity index (χ4v) is 3.48. The van der Waals surface area contributed by atoms with Crippen LogP contribution in [0.1, 0.15) is 45.7 Å². The van der Waals surface area contributed by atoms with Crippen LogP contribution in [0.5, 0.6) is 11.6 Å². The van der Waals surface area contributed by atoms with Crippen LogP contribution in [0.15, 0.2) is 36.4 Å². The average Bonchev–Trinajstić information content (AvgIpc) is 2.60. The van der Waals surface area contributed by atoms with Gasteiger partial charge in [0.25, 0.3) is 0 Å². The quantitative estimate of drug-likeness (QED) is 0.731. The Labute approximate surface area is 169 Å². The van der Waals surface area contributed by atoms with Crippen LogP contribution >= 0.6 is 11.6 Å². The van der Waals surface area contributed by atoms with E-state index < -0.39 is 11.2 Å². The van der Waals surface area contributed by atoms with Gasteiger partial charge in [-0.2, -0.15) is 0 Å². The van der Waals surface area contributed by atoms with E-state index in [0.29, 0.717) is 17.7 Å². The van der Waals surface area contributed by atoms with Gasteiger partial charge < -0.3 is 14.6 Å². The van der Waals surface area contributed by atoms with Crippen molar-refractivity contribution >= 4 is 23.0 Å². The second-order valence-electron chi connectivity index (χ2n) is 7.63. The number of aliphatic hydroxyl groups is 1. The van der Waals surface area contributed by atoms with Crippen molar-refractivity contribution in [1.82, 2.24) is 9.97 Å². The second-order valence-corrected chi connectivity index (χ2v) is 8.02. The third kappa shape index (κ3) is 3.75. The number of Topliss-reactive ketones (excluding diaryl/α,β-unsaturated/α-hetero) is 1. The Balaban J connectivity index is 2.13. The van der Waals surface area contributed by atoms with Crippen LogP contribution in [-0.2, 0) is 16.0 Å². The molecule has 0 fully saturated rings. The molecule has 0 amide bonds. The first-order valence-electron chi connectivity index (χ1n) is 9.02. The van der Waals surface area contributed by atoms with Crippen LogP contribution in [0.2, 0.25) is 5.15 Å². The molecule has 148 valence electrons. The number of carbonyl (C=O) groups is 1. The molecule has 0 unspecified atom stereocenters. The molecule has 0 bridgehead atoms. The van der Waals surface area contributed by atoms with Crippen molar-refractivity contribution in [2.45, 2.75) is 52.2 Å². The Kier molecular flexibility index (Phi) is 5.21. The zero-order valence-electron chi connectivity index (χ0n) is 16.5. The van der Waals surface area contributed by atoms with Crippen LogP contribution in [0.3, 0.4) is 0 Å². The lowest BCUT2D eigenvalue weighted by molar-refractivity contribution is -0.158. The predicted molar refractivity (Wildman–Crippen MR) is 107 cm³/mol. The number of rotatable bonds is 4. The van der Waals surface area contributed by atoms with E-state index in [1.165, 1.54) is 12.4 Å². The molecule has 1 aromatic carbocycles. The van der Waals surface area contributed by atoms with Gasteiger partial charge in [-0.05, 0) is 57.4 Å². The molecular formula is C21H23ClN2O4. The number of carbonyl (C=O) groups excluding carboxylic acids is 1. The van der Waals surface area contributed by atoms with E-state index in [0.717, 1.165) is 5.56 Å². The molecule has 0 spiro atoms. The maximum Gasteiger partial charge on any atom is 0.223 e. The summed E-state index contributed by atoms with van der Waals surface area (Å²) in [7, 11) is 0. The zero-order valence-corrected chi connectivity index (χ0v) is 17.3. The van der Waals surface area contributed by atoms with Crippen LogP contribution < -0.4 is 4.74 Å². The average molecular weight is 403 g/mol. The number of aliphatic hydroxyl groups excluding tert-OH is 1. The van der Waals surface area contributed by atoms with Gasteiger partial charge in [0.2, 0.25) is 5.88 Å². The van der Waals surface area contributed by atoms with Crippen molar-refractivity contribution < 1.29 is 19.4 Å². The summed E-state index contributed by atoms with van der Waals surface area (Å²) in [5, 5.41) is 11.1.